The number of aryl methyl sites for hydroxylation is 4. The summed E-state index contributed by atoms with van der Waals surface area (Å²) in [4.78, 5) is 51.6. The molecule has 4 rings (SSSR count). The monoisotopic (exact) mass is 517 g/mol. The van der Waals surface area contributed by atoms with Gasteiger partial charge >= 0.3 is 6.03 Å². The van der Waals surface area contributed by atoms with Gasteiger partial charge in [-0.2, -0.15) is 0 Å². The molecule has 2 aromatic heterocycles. The van der Waals surface area contributed by atoms with Crippen LogP contribution >= 0.6 is 0 Å². The number of β-lactam (4-membered cyclic amide) rings is 1. The Hall–Kier alpha value is -4.21. The number of rotatable bonds is 7. The van der Waals surface area contributed by atoms with Crippen molar-refractivity contribution in [2.24, 2.45) is 13.0 Å². The lowest BCUT2D eigenvalue weighted by Gasteiger charge is -2.45. The number of anilines is 2. The lowest BCUT2D eigenvalue weighted by Crippen LogP contribution is -2.70. The molecule has 4 amide bonds. The molecule has 1 saturated heterocycles. The van der Waals surface area contributed by atoms with E-state index < -0.39 is 29.8 Å². The van der Waals surface area contributed by atoms with Crippen LogP contribution in [-0.4, -0.2) is 50.4 Å². The fourth-order valence-electron chi connectivity index (χ4n) is 5.13. The largest absolute Gasteiger partial charge is 0.384 e. The van der Waals surface area contributed by atoms with E-state index >= 15 is 0 Å². The fourth-order valence-corrected chi connectivity index (χ4v) is 5.13. The average molecular weight is 518 g/mol. The van der Waals surface area contributed by atoms with Gasteiger partial charge in [0.1, 0.15) is 11.9 Å². The van der Waals surface area contributed by atoms with E-state index in [4.69, 9.17) is 5.73 Å². The number of likely N-dealkylation sites (tertiary alicyclic amines) is 1. The summed E-state index contributed by atoms with van der Waals surface area (Å²) in [6.07, 6.45) is 4.20. The lowest BCUT2D eigenvalue weighted by molar-refractivity contribution is -0.156. The normalized spacial score (nSPS) is 17.6. The van der Waals surface area contributed by atoms with Gasteiger partial charge in [-0.3, -0.25) is 19.4 Å². The summed E-state index contributed by atoms with van der Waals surface area (Å²) >= 11 is 0. The highest BCUT2D eigenvalue weighted by molar-refractivity contribution is 6.12. The number of nitrogens with one attached hydrogen (secondary N) is 1. The molecule has 1 fully saturated rings. The lowest BCUT2D eigenvalue weighted by atomic mass is 9.81. The number of imidazole rings is 1. The summed E-state index contributed by atoms with van der Waals surface area (Å²) in [5.41, 5.74) is 10.5. The zero-order valence-electron chi connectivity index (χ0n) is 22.7. The van der Waals surface area contributed by atoms with Crippen LogP contribution in [0.2, 0.25) is 0 Å². The van der Waals surface area contributed by atoms with E-state index in [9.17, 15) is 14.4 Å². The summed E-state index contributed by atoms with van der Waals surface area (Å²) < 4.78 is 1.71. The Kier molecular flexibility index (Phi) is 7.52. The maximum atomic E-state index is 13.8. The first-order valence-corrected chi connectivity index (χ1v) is 12.7. The van der Waals surface area contributed by atoms with E-state index in [-0.39, 0.29) is 12.5 Å². The molecular formula is C28H35N7O3. The Balaban J connectivity index is 1.63. The molecule has 3 N–H and O–H groups in total. The molecule has 0 spiro atoms. The summed E-state index contributed by atoms with van der Waals surface area (Å²) in [6, 6.07) is 7.72. The molecule has 10 nitrogen and oxygen atoms in total. The van der Waals surface area contributed by atoms with Gasteiger partial charge < -0.3 is 15.6 Å². The Morgan fingerprint density at radius 3 is 2.55 bits per heavy atom. The molecule has 1 aromatic carbocycles. The highest BCUT2D eigenvalue weighted by Crippen LogP contribution is 2.33. The number of hydrogen-bond donors (Lipinski definition) is 2. The van der Waals surface area contributed by atoms with Crippen molar-refractivity contribution in [3.8, 4) is 0 Å². The molecule has 10 heteroatoms. The van der Waals surface area contributed by atoms with Crippen LogP contribution in [0.3, 0.4) is 0 Å². The van der Waals surface area contributed by atoms with Crippen molar-refractivity contribution in [3.05, 3.63) is 70.7 Å². The van der Waals surface area contributed by atoms with E-state index in [1.807, 2.05) is 52.0 Å². The molecule has 0 radical (unpaired) electrons. The van der Waals surface area contributed by atoms with E-state index in [2.05, 4.69) is 15.3 Å². The fraction of sp³-hybridized carbons (Fsp3) is 0.393. The van der Waals surface area contributed by atoms with Crippen LogP contribution in [0.15, 0.2) is 42.7 Å². The molecule has 1 aliphatic heterocycles. The van der Waals surface area contributed by atoms with E-state index in [1.165, 1.54) is 4.90 Å². The minimum absolute atomic E-state index is 0.259. The maximum absolute atomic E-state index is 13.8. The zero-order chi connectivity index (χ0) is 27.7. The third kappa shape index (κ3) is 5.11. The Bertz CT molecular complexity index is 1360. The van der Waals surface area contributed by atoms with E-state index in [0.29, 0.717) is 23.9 Å². The SMILES string of the molecule is CCC(NC(=O)N1C(=O)[C@H](Cc2cc(C)nc(N)c2)[C@H]1C(=O)N(C)c1nccn1C)c1cc(C)ccc1C. The summed E-state index contributed by atoms with van der Waals surface area (Å²) in [5, 5.41) is 3.00. The number of carbonyl (C=O) groups is 3. The number of likely N-dealkylation sites (N-methyl/N-ethyl adjacent to an activating group) is 1. The summed E-state index contributed by atoms with van der Waals surface area (Å²) in [6.45, 7) is 7.78. The van der Waals surface area contributed by atoms with Gasteiger partial charge in [-0.25, -0.2) is 14.8 Å². The van der Waals surface area contributed by atoms with Crippen LogP contribution in [0.4, 0.5) is 16.6 Å². The number of amides is 4. The Morgan fingerprint density at radius 2 is 1.92 bits per heavy atom. The molecule has 1 unspecified atom stereocenters. The van der Waals surface area contributed by atoms with Gasteiger partial charge in [0.2, 0.25) is 11.9 Å². The van der Waals surface area contributed by atoms with Gasteiger partial charge in [0.25, 0.3) is 5.91 Å². The first kappa shape index (κ1) is 26.8. The molecule has 3 atom stereocenters. The first-order valence-electron chi connectivity index (χ1n) is 12.7. The third-order valence-corrected chi connectivity index (χ3v) is 7.12. The van der Waals surface area contributed by atoms with E-state index in [1.54, 1.807) is 37.1 Å². The van der Waals surface area contributed by atoms with Crippen molar-refractivity contribution in [1.29, 1.82) is 0 Å². The van der Waals surface area contributed by atoms with Crippen molar-refractivity contribution >= 4 is 29.6 Å². The second kappa shape index (κ2) is 10.6. The van der Waals surface area contributed by atoms with Crippen molar-refractivity contribution in [1.82, 2.24) is 24.8 Å². The Morgan fingerprint density at radius 1 is 1.18 bits per heavy atom. The van der Waals surface area contributed by atoms with E-state index in [0.717, 1.165) is 27.2 Å². The van der Waals surface area contributed by atoms with Crippen LogP contribution in [-0.2, 0) is 23.1 Å². The number of pyridine rings is 1. The number of nitrogens with zero attached hydrogens (tertiary/aromatic N) is 5. The molecule has 0 saturated carbocycles. The first-order chi connectivity index (χ1) is 18.0. The van der Waals surface area contributed by atoms with Gasteiger partial charge in [-0.15, -0.1) is 0 Å². The molecular weight excluding hydrogens is 482 g/mol. The third-order valence-electron chi connectivity index (χ3n) is 7.12. The quantitative estimate of drug-likeness (QED) is 0.464. The maximum Gasteiger partial charge on any atom is 0.325 e. The van der Waals surface area contributed by atoms with Crippen LogP contribution in [0.1, 0.15) is 47.3 Å². The molecule has 1 aliphatic rings. The number of hydrogen-bond acceptors (Lipinski definition) is 6. The highest BCUT2D eigenvalue weighted by Gasteiger charge is 2.55. The van der Waals surface area contributed by atoms with Crippen molar-refractivity contribution in [2.45, 2.75) is 52.6 Å². The van der Waals surface area contributed by atoms with Crippen molar-refractivity contribution in [2.75, 3.05) is 17.7 Å². The standard InChI is InChI=1S/C28H35N7O3/c1-7-22(20-12-16(2)8-9-17(20)3)32-28(38)35-24(26(37)34(6)27-30-10-11-33(27)5)21(25(35)36)14-19-13-18(4)31-23(29)15-19/h8-13,15,21-22,24H,7,14H2,1-6H3,(H2,29,31)(H,32,38)/t21-,22?,24+/m1/s1. The molecule has 3 heterocycles. The number of nitrogen functional groups attached to an aromatic ring is 1. The predicted molar refractivity (Wildman–Crippen MR) is 145 cm³/mol. The highest BCUT2D eigenvalue weighted by atomic mass is 16.2. The number of imide groups is 1. The topological polar surface area (TPSA) is 126 Å². The minimum atomic E-state index is -0.991. The van der Waals surface area contributed by atoms with Gasteiger partial charge in [0.05, 0.1) is 12.0 Å². The zero-order valence-corrected chi connectivity index (χ0v) is 22.7. The average Bonchev–Trinajstić information content (AvgIpc) is 3.29. The van der Waals surface area contributed by atoms with Crippen LogP contribution in [0, 0.1) is 26.7 Å². The second-order valence-electron chi connectivity index (χ2n) is 10.0. The van der Waals surface area contributed by atoms with Gasteiger partial charge in [-0.1, -0.05) is 30.7 Å². The number of carbonyl (C=O) groups excluding carboxylic acids is 3. The van der Waals surface area contributed by atoms with Crippen molar-refractivity contribution < 1.29 is 14.4 Å². The van der Waals surface area contributed by atoms with Crippen LogP contribution in [0.25, 0.3) is 0 Å². The van der Waals surface area contributed by atoms with Crippen LogP contribution in [0.5, 0.6) is 0 Å². The predicted octanol–water partition coefficient (Wildman–Crippen LogP) is 3.22. The van der Waals surface area contributed by atoms with Crippen molar-refractivity contribution in [3.63, 3.8) is 0 Å². The van der Waals surface area contributed by atoms with Gasteiger partial charge in [0, 0.05) is 32.2 Å². The van der Waals surface area contributed by atoms with Gasteiger partial charge in [-0.05, 0) is 62.4 Å². The Labute approximate surface area is 222 Å². The number of benzene rings is 1. The van der Waals surface area contributed by atoms with Crippen LogP contribution < -0.4 is 16.0 Å². The number of urea groups is 1. The minimum Gasteiger partial charge on any atom is -0.384 e. The molecule has 0 bridgehead atoms. The summed E-state index contributed by atoms with van der Waals surface area (Å²) in [5.74, 6) is -0.763. The molecule has 0 aliphatic carbocycles. The second-order valence-corrected chi connectivity index (χ2v) is 10.0. The smallest absolute Gasteiger partial charge is 0.325 e. The molecule has 38 heavy (non-hydrogen) atoms. The molecule has 3 aromatic rings. The number of aromatic nitrogens is 3. The van der Waals surface area contributed by atoms with Gasteiger partial charge in [0.15, 0.2) is 0 Å². The summed E-state index contributed by atoms with van der Waals surface area (Å²) in [7, 11) is 3.37. The molecule has 200 valence electrons. The number of nitrogens with two attached hydrogens (primary N) is 1.